The molecule has 0 bridgehead atoms. The first-order valence-electron chi connectivity index (χ1n) is 12.6. The van der Waals surface area contributed by atoms with Crippen molar-refractivity contribution in [1.29, 1.82) is 0 Å². The molecule has 2 atom stereocenters. The first kappa shape index (κ1) is 26.0. The summed E-state index contributed by atoms with van der Waals surface area (Å²) < 4.78 is 6.15. The second-order valence-electron chi connectivity index (χ2n) is 8.79. The molecule has 0 aliphatic heterocycles. The third-order valence-corrected chi connectivity index (χ3v) is 6.12. The summed E-state index contributed by atoms with van der Waals surface area (Å²) in [6, 6.07) is 7.66. The van der Waals surface area contributed by atoms with Gasteiger partial charge in [0.2, 0.25) is 0 Å². The highest BCUT2D eigenvalue weighted by atomic mass is 16.5. The van der Waals surface area contributed by atoms with Crippen LogP contribution in [0.4, 0.5) is 0 Å². The topological polar surface area (TPSA) is 29.5 Å². The second kappa shape index (κ2) is 17.8. The van der Waals surface area contributed by atoms with Gasteiger partial charge in [0.05, 0.1) is 6.10 Å². The number of aryl methyl sites for hydroxylation is 1. The van der Waals surface area contributed by atoms with Crippen molar-refractivity contribution in [2.45, 2.75) is 123 Å². The Morgan fingerprint density at radius 2 is 1.28 bits per heavy atom. The standard InChI is InChI=1S/C27H48O2/c1-4-7-9-10-11-12-14-16-25(15-13-8-5-2)23-27(29-6-3)22-19-24-17-20-26(28)21-18-24/h17-18,20-21,25,27-28H,4-16,19,22-23H2,1-3H3. The van der Waals surface area contributed by atoms with Gasteiger partial charge in [-0.15, -0.1) is 0 Å². The third kappa shape index (κ3) is 13.8. The van der Waals surface area contributed by atoms with Crippen LogP contribution in [0.5, 0.6) is 5.75 Å². The molecule has 0 aliphatic carbocycles. The second-order valence-corrected chi connectivity index (χ2v) is 8.79. The summed E-state index contributed by atoms with van der Waals surface area (Å²) in [7, 11) is 0. The van der Waals surface area contributed by atoms with E-state index >= 15 is 0 Å². The van der Waals surface area contributed by atoms with Crippen LogP contribution < -0.4 is 0 Å². The summed E-state index contributed by atoms with van der Waals surface area (Å²) in [6.45, 7) is 7.51. The van der Waals surface area contributed by atoms with E-state index in [1.54, 1.807) is 12.1 Å². The molecule has 0 saturated heterocycles. The van der Waals surface area contributed by atoms with E-state index in [1.807, 2.05) is 12.1 Å². The number of unbranched alkanes of at least 4 members (excludes halogenated alkanes) is 8. The Kier molecular flexibility index (Phi) is 16.0. The monoisotopic (exact) mass is 404 g/mol. The van der Waals surface area contributed by atoms with Crippen molar-refractivity contribution in [3.63, 3.8) is 0 Å². The summed E-state index contributed by atoms with van der Waals surface area (Å²) in [5.41, 5.74) is 1.29. The molecule has 0 fully saturated rings. The lowest BCUT2D eigenvalue weighted by molar-refractivity contribution is 0.0364. The quantitative estimate of drug-likeness (QED) is 0.234. The normalized spacial score (nSPS) is 13.5. The van der Waals surface area contributed by atoms with Crippen molar-refractivity contribution < 1.29 is 9.84 Å². The van der Waals surface area contributed by atoms with E-state index in [2.05, 4.69) is 20.8 Å². The Morgan fingerprint density at radius 3 is 1.90 bits per heavy atom. The number of ether oxygens (including phenoxy) is 1. The highest BCUT2D eigenvalue weighted by Crippen LogP contribution is 2.26. The fourth-order valence-electron chi connectivity index (χ4n) is 4.32. The molecule has 0 spiro atoms. The number of rotatable bonds is 19. The molecule has 168 valence electrons. The predicted octanol–water partition coefficient (Wildman–Crippen LogP) is 8.46. The van der Waals surface area contributed by atoms with Crippen LogP contribution in [0, 0.1) is 5.92 Å². The van der Waals surface area contributed by atoms with E-state index in [-0.39, 0.29) is 0 Å². The van der Waals surface area contributed by atoms with Crippen LogP contribution in [-0.2, 0) is 11.2 Å². The molecular weight excluding hydrogens is 356 g/mol. The summed E-state index contributed by atoms with van der Waals surface area (Å²) in [6.07, 6.45) is 20.3. The highest BCUT2D eigenvalue weighted by molar-refractivity contribution is 5.25. The molecule has 2 unspecified atom stereocenters. The van der Waals surface area contributed by atoms with Crippen molar-refractivity contribution >= 4 is 0 Å². The van der Waals surface area contributed by atoms with Crippen LogP contribution in [0.15, 0.2) is 24.3 Å². The zero-order valence-corrected chi connectivity index (χ0v) is 19.6. The highest BCUT2D eigenvalue weighted by Gasteiger charge is 2.17. The summed E-state index contributed by atoms with van der Waals surface area (Å²) in [5.74, 6) is 1.16. The average molecular weight is 405 g/mol. The Labute approximate surface area is 181 Å². The Balaban J connectivity index is 2.43. The maximum absolute atomic E-state index is 9.48. The van der Waals surface area contributed by atoms with Gasteiger partial charge in [-0.05, 0) is 49.8 Å². The molecule has 1 N–H and O–H groups in total. The van der Waals surface area contributed by atoms with E-state index in [0.717, 1.165) is 25.4 Å². The van der Waals surface area contributed by atoms with Gasteiger partial charge in [0, 0.05) is 6.61 Å². The lowest BCUT2D eigenvalue weighted by Crippen LogP contribution is -2.19. The number of phenolic OH excluding ortho intramolecular Hbond substituents is 1. The molecule has 1 aromatic rings. The number of phenols is 1. The third-order valence-electron chi connectivity index (χ3n) is 6.12. The van der Waals surface area contributed by atoms with Gasteiger partial charge in [-0.25, -0.2) is 0 Å². The molecule has 0 amide bonds. The van der Waals surface area contributed by atoms with Gasteiger partial charge in [-0.2, -0.15) is 0 Å². The molecular formula is C27H48O2. The minimum atomic E-state index is 0.348. The van der Waals surface area contributed by atoms with Crippen molar-refractivity contribution in [2.24, 2.45) is 5.92 Å². The lowest BCUT2D eigenvalue weighted by atomic mass is 9.88. The Morgan fingerprint density at radius 1 is 0.724 bits per heavy atom. The minimum absolute atomic E-state index is 0.348. The molecule has 1 rings (SSSR count). The van der Waals surface area contributed by atoms with E-state index in [9.17, 15) is 5.11 Å². The molecule has 2 nitrogen and oxygen atoms in total. The van der Waals surface area contributed by atoms with Crippen LogP contribution in [-0.4, -0.2) is 17.8 Å². The number of hydrogen-bond acceptors (Lipinski definition) is 2. The van der Waals surface area contributed by atoms with Crippen molar-refractivity contribution in [1.82, 2.24) is 0 Å². The van der Waals surface area contributed by atoms with Crippen LogP contribution >= 0.6 is 0 Å². The van der Waals surface area contributed by atoms with Gasteiger partial charge in [0.25, 0.3) is 0 Å². The van der Waals surface area contributed by atoms with Crippen LogP contribution in [0.1, 0.15) is 116 Å². The number of hydrogen-bond donors (Lipinski definition) is 1. The van der Waals surface area contributed by atoms with Gasteiger partial charge in [0.1, 0.15) is 5.75 Å². The number of aromatic hydroxyl groups is 1. The summed E-state index contributed by atoms with van der Waals surface area (Å²) in [4.78, 5) is 0. The molecule has 29 heavy (non-hydrogen) atoms. The smallest absolute Gasteiger partial charge is 0.115 e. The van der Waals surface area contributed by atoms with E-state index < -0.39 is 0 Å². The van der Waals surface area contributed by atoms with E-state index in [1.165, 1.54) is 89.0 Å². The molecule has 1 aromatic carbocycles. The van der Waals surface area contributed by atoms with Gasteiger partial charge < -0.3 is 9.84 Å². The largest absolute Gasteiger partial charge is 0.508 e. The first-order valence-corrected chi connectivity index (χ1v) is 12.6. The van der Waals surface area contributed by atoms with E-state index in [0.29, 0.717) is 11.9 Å². The molecule has 2 heteroatoms. The van der Waals surface area contributed by atoms with Crippen LogP contribution in [0.3, 0.4) is 0 Å². The lowest BCUT2D eigenvalue weighted by Gasteiger charge is -2.24. The first-order chi connectivity index (χ1) is 14.2. The Bertz CT molecular complexity index is 468. The fourth-order valence-corrected chi connectivity index (χ4v) is 4.32. The molecule has 0 heterocycles. The van der Waals surface area contributed by atoms with Gasteiger partial charge in [0.15, 0.2) is 0 Å². The zero-order valence-electron chi connectivity index (χ0n) is 19.6. The van der Waals surface area contributed by atoms with Gasteiger partial charge >= 0.3 is 0 Å². The average Bonchev–Trinajstić information content (AvgIpc) is 2.72. The van der Waals surface area contributed by atoms with Crippen LogP contribution in [0.25, 0.3) is 0 Å². The van der Waals surface area contributed by atoms with Crippen molar-refractivity contribution in [3.05, 3.63) is 29.8 Å². The molecule has 0 saturated carbocycles. The van der Waals surface area contributed by atoms with Gasteiger partial charge in [-0.3, -0.25) is 0 Å². The zero-order chi connectivity index (χ0) is 21.2. The summed E-state index contributed by atoms with van der Waals surface area (Å²) in [5, 5.41) is 9.48. The summed E-state index contributed by atoms with van der Waals surface area (Å²) >= 11 is 0. The SMILES string of the molecule is CCCCCCCCCC(CCCCC)CC(CCc1ccc(O)cc1)OCC. The van der Waals surface area contributed by atoms with Gasteiger partial charge in [-0.1, -0.05) is 103 Å². The van der Waals surface area contributed by atoms with Crippen molar-refractivity contribution in [3.8, 4) is 5.75 Å². The van der Waals surface area contributed by atoms with Crippen molar-refractivity contribution in [2.75, 3.05) is 6.61 Å². The fraction of sp³-hybridized carbons (Fsp3) is 0.778. The van der Waals surface area contributed by atoms with Crippen LogP contribution in [0.2, 0.25) is 0 Å². The minimum Gasteiger partial charge on any atom is -0.508 e. The maximum atomic E-state index is 9.48. The maximum Gasteiger partial charge on any atom is 0.115 e. The molecule has 0 aromatic heterocycles. The molecule has 0 aliphatic rings. The predicted molar refractivity (Wildman–Crippen MR) is 127 cm³/mol. The Hall–Kier alpha value is -1.02. The number of benzene rings is 1. The molecule has 0 radical (unpaired) electrons. The van der Waals surface area contributed by atoms with E-state index in [4.69, 9.17) is 4.74 Å².